The van der Waals surface area contributed by atoms with Gasteiger partial charge in [0.15, 0.2) is 5.69 Å². The maximum Gasteiger partial charge on any atom is 0.270 e. The number of pyridine rings is 1. The molecule has 0 aliphatic heterocycles. The molecule has 106 valence electrons. The van der Waals surface area contributed by atoms with E-state index in [0.717, 1.165) is 16.3 Å². The van der Waals surface area contributed by atoms with Crippen molar-refractivity contribution >= 4 is 22.2 Å². The number of hydrogen-bond donors (Lipinski definition) is 2. The van der Waals surface area contributed by atoms with Crippen LogP contribution in [0.3, 0.4) is 0 Å². The second-order valence-corrected chi connectivity index (χ2v) is 5.43. The van der Waals surface area contributed by atoms with Crippen LogP contribution in [0.2, 0.25) is 0 Å². The largest absolute Gasteiger partial charge is 0.364 e. The Morgan fingerprint density at radius 2 is 2.10 bits per heavy atom. The number of rotatable bonds is 4. The number of thiazole rings is 1. The molecule has 3 aromatic rings. The van der Waals surface area contributed by atoms with Crippen LogP contribution >= 0.6 is 11.3 Å². The van der Waals surface area contributed by atoms with E-state index in [1.54, 1.807) is 12.4 Å². The molecule has 3 aromatic heterocycles. The number of primary amides is 1. The third-order valence-electron chi connectivity index (χ3n) is 2.96. The standard InChI is InChI=1S/C14H13N5OS/c1-9-3-2-8-19(9)18-14-11(12(15)20)17-13(21-14)10-4-6-16-7-5-10/h2-8,18H,1H3,(H2,15,20). The summed E-state index contributed by atoms with van der Waals surface area (Å²) in [4.78, 5) is 19.9. The molecule has 0 atom stereocenters. The van der Waals surface area contributed by atoms with Crippen LogP contribution < -0.4 is 11.2 Å². The van der Waals surface area contributed by atoms with E-state index in [1.165, 1.54) is 11.3 Å². The summed E-state index contributed by atoms with van der Waals surface area (Å²) >= 11 is 1.38. The van der Waals surface area contributed by atoms with Gasteiger partial charge in [-0.15, -0.1) is 0 Å². The first-order valence-electron chi connectivity index (χ1n) is 6.27. The van der Waals surface area contributed by atoms with Crippen LogP contribution in [0.4, 0.5) is 5.00 Å². The van der Waals surface area contributed by atoms with Crippen molar-refractivity contribution in [1.29, 1.82) is 0 Å². The fraction of sp³-hybridized carbons (Fsp3) is 0.0714. The average molecular weight is 299 g/mol. The lowest BCUT2D eigenvalue weighted by Crippen LogP contribution is -2.16. The summed E-state index contributed by atoms with van der Waals surface area (Å²) in [5.74, 6) is -0.557. The number of nitrogens with one attached hydrogen (secondary N) is 1. The molecule has 3 heterocycles. The van der Waals surface area contributed by atoms with Crippen LogP contribution in [0, 0.1) is 6.92 Å². The number of hydrogen-bond acceptors (Lipinski definition) is 5. The molecule has 0 radical (unpaired) electrons. The van der Waals surface area contributed by atoms with Gasteiger partial charge >= 0.3 is 0 Å². The van der Waals surface area contributed by atoms with Gasteiger partial charge in [-0.2, -0.15) is 0 Å². The van der Waals surface area contributed by atoms with Crippen LogP contribution in [0.15, 0.2) is 42.9 Å². The molecule has 7 heteroatoms. The summed E-state index contributed by atoms with van der Waals surface area (Å²) in [6.45, 7) is 1.96. The third-order valence-corrected chi connectivity index (χ3v) is 3.97. The van der Waals surface area contributed by atoms with Gasteiger partial charge in [0.1, 0.15) is 10.0 Å². The molecule has 0 spiro atoms. The number of nitrogens with two attached hydrogens (primary N) is 1. The first kappa shape index (κ1) is 13.3. The summed E-state index contributed by atoms with van der Waals surface area (Å²) in [5, 5.41) is 1.34. The monoisotopic (exact) mass is 299 g/mol. The summed E-state index contributed by atoms with van der Waals surface area (Å²) < 4.78 is 1.82. The molecule has 0 aromatic carbocycles. The highest BCUT2D eigenvalue weighted by molar-refractivity contribution is 7.19. The van der Waals surface area contributed by atoms with Crippen molar-refractivity contribution in [1.82, 2.24) is 14.6 Å². The Morgan fingerprint density at radius 3 is 2.71 bits per heavy atom. The SMILES string of the molecule is Cc1cccn1Nc1sc(-c2ccncc2)nc1C(N)=O. The zero-order chi connectivity index (χ0) is 14.8. The first-order valence-corrected chi connectivity index (χ1v) is 7.09. The molecule has 0 bridgehead atoms. The highest BCUT2D eigenvalue weighted by Gasteiger charge is 2.17. The summed E-state index contributed by atoms with van der Waals surface area (Å²) in [6.07, 6.45) is 5.24. The van der Waals surface area contributed by atoms with Crippen molar-refractivity contribution in [2.24, 2.45) is 5.73 Å². The van der Waals surface area contributed by atoms with Gasteiger partial charge < -0.3 is 5.73 Å². The van der Waals surface area contributed by atoms with Crippen molar-refractivity contribution in [3.8, 4) is 10.6 Å². The van der Waals surface area contributed by atoms with Crippen LogP contribution in [0.25, 0.3) is 10.6 Å². The van der Waals surface area contributed by atoms with Crippen LogP contribution in [-0.2, 0) is 0 Å². The van der Waals surface area contributed by atoms with Gasteiger partial charge in [0.25, 0.3) is 5.91 Å². The van der Waals surface area contributed by atoms with Crippen molar-refractivity contribution < 1.29 is 4.79 Å². The molecule has 0 fully saturated rings. The number of aromatic nitrogens is 3. The van der Waals surface area contributed by atoms with Gasteiger partial charge in [-0.25, -0.2) is 4.98 Å². The van der Waals surface area contributed by atoms with Crippen LogP contribution in [0.5, 0.6) is 0 Å². The van der Waals surface area contributed by atoms with Crippen molar-refractivity contribution in [2.45, 2.75) is 6.92 Å². The molecule has 3 rings (SSSR count). The minimum absolute atomic E-state index is 0.236. The van der Waals surface area contributed by atoms with Gasteiger partial charge in [0.2, 0.25) is 0 Å². The lowest BCUT2D eigenvalue weighted by Gasteiger charge is -2.07. The minimum atomic E-state index is -0.557. The second-order valence-electron chi connectivity index (χ2n) is 4.43. The molecule has 0 unspecified atom stereocenters. The van der Waals surface area contributed by atoms with Gasteiger partial charge in [-0.1, -0.05) is 11.3 Å². The molecular weight excluding hydrogens is 286 g/mol. The predicted octanol–water partition coefficient (Wildman–Crippen LogP) is 2.29. The zero-order valence-electron chi connectivity index (χ0n) is 11.3. The number of carbonyl (C=O) groups excluding carboxylic acids is 1. The van der Waals surface area contributed by atoms with Crippen molar-refractivity contribution in [3.63, 3.8) is 0 Å². The summed E-state index contributed by atoms with van der Waals surface area (Å²) in [7, 11) is 0. The van der Waals surface area contributed by atoms with E-state index in [1.807, 2.05) is 42.1 Å². The Kier molecular flexibility index (Phi) is 3.41. The van der Waals surface area contributed by atoms with Crippen molar-refractivity contribution in [3.05, 3.63) is 54.2 Å². The predicted molar refractivity (Wildman–Crippen MR) is 82.1 cm³/mol. The molecule has 0 aliphatic rings. The van der Waals surface area contributed by atoms with E-state index in [0.29, 0.717) is 5.00 Å². The zero-order valence-corrected chi connectivity index (χ0v) is 12.1. The quantitative estimate of drug-likeness (QED) is 0.774. The van der Waals surface area contributed by atoms with E-state index in [4.69, 9.17) is 5.73 Å². The normalized spacial score (nSPS) is 10.5. The number of aryl methyl sites for hydroxylation is 1. The van der Waals surface area contributed by atoms with E-state index in [9.17, 15) is 4.79 Å². The topological polar surface area (TPSA) is 85.8 Å². The van der Waals surface area contributed by atoms with Crippen molar-refractivity contribution in [2.75, 3.05) is 5.43 Å². The lowest BCUT2D eigenvalue weighted by atomic mass is 10.3. The second kappa shape index (κ2) is 5.37. The number of amides is 1. The van der Waals surface area contributed by atoms with Gasteiger partial charge in [0, 0.05) is 29.8 Å². The molecule has 6 nitrogen and oxygen atoms in total. The smallest absolute Gasteiger partial charge is 0.270 e. The fourth-order valence-corrected chi connectivity index (χ4v) is 2.85. The highest BCUT2D eigenvalue weighted by atomic mass is 32.1. The Labute approximate surface area is 125 Å². The van der Waals surface area contributed by atoms with E-state index >= 15 is 0 Å². The van der Waals surface area contributed by atoms with Gasteiger partial charge in [-0.3, -0.25) is 19.9 Å². The molecule has 21 heavy (non-hydrogen) atoms. The molecule has 0 aliphatic carbocycles. The fourth-order valence-electron chi connectivity index (χ4n) is 1.88. The molecule has 3 N–H and O–H groups in total. The number of carbonyl (C=O) groups is 1. The van der Waals surface area contributed by atoms with Crippen LogP contribution in [-0.4, -0.2) is 20.6 Å². The van der Waals surface area contributed by atoms with E-state index in [-0.39, 0.29) is 5.69 Å². The average Bonchev–Trinajstić information content (AvgIpc) is 3.08. The Morgan fingerprint density at radius 1 is 1.33 bits per heavy atom. The summed E-state index contributed by atoms with van der Waals surface area (Å²) in [6, 6.07) is 7.56. The maximum absolute atomic E-state index is 11.6. The van der Waals surface area contributed by atoms with Crippen LogP contribution in [0.1, 0.15) is 16.2 Å². The molecule has 0 saturated heterocycles. The van der Waals surface area contributed by atoms with E-state index in [2.05, 4.69) is 15.4 Å². The molecule has 1 amide bonds. The molecule has 0 saturated carbocycles. The minimum Gasteiger partial charge on any atom is -0.364 e. The Balaban J connectivity index is 2.01. The van der Waals surface area contributed by atoms with Gasteiger partial charge in [-0.05, 0) is 31.2 Å². The van der Waals surface area contributed by atoms with Gasteiger partial charge in [0.05, 0.1) is 0 Å². The number of anilines is 1. The molecular formula is C14H13N5OS. The Hall–Kier alpha value is -2.67. The third kappa shape index (κ3) is 2.63. The highest BCUT2D eigenvalue weighted by Crippen LogP contribution is 2.31. The number of nitrogens with zero attached hydrogens (tertiary/aromatic N) is 3. The summed E-state index contributed by atoms with van der Waals surface area (Å²) in [5.41, 5.74) is 10.7. The lowest BCUT2D eigenvalue weighted by molar-refractivity contribution is 0.0997. The van der Waals surface area contributed by atoms with E-state index < -0.39 is 5.91 Å². The Bertz CT molecular complexity index is 778. The first-order chi connectivity index (χ1) is 10.1. The maximum atomic E-state index is 11.6.